The normalized spacial score (nSPS) is 11.5. The fourth-order valence-electron chi connectivity index (χ4n) is 1.32. The molecule has 142 valence electrons. The van der Waals surface area contributed by atoms with Gasteiger partial charge in [-0.25, -0.2) is 0 Å². The van der Waals surface area contributed by atoms with Crippen molar-refractivity contribution in [1.82, 2.24) is 4.90 Å². The summed E-state index contributed by atoms with van der Waals surface area (Å²) in [5, 5.41) is 41.3. The van der Waals surface area contributed by atoms with Gasteiger partial charge in [0.05, 0.1) is 6.61 Å². The zero-order valence-corrected chi connectivity index (χ0v) is 13.2. The van der Waals surface area contributed by atoms with Gasteiger partial charge in [0.25, 0.3) is 5.17 Å². The first-order valence-corrected chi connectivity index (χ1v) is 6.61. The second-order valence-electron chi connectivity index (χ2n) is 4.44. The Hall–Kier alpha value is -2.85. The third kappa shape index (κ3) is 5.06. The molecule has 0 fully saturated rings. The van der Waals surface area contributed by atoms with Crippen molar-refractivity contribution in [3.63, 3.8) is 0 Å². The Balaban J connectivity index is 5.83. The second-order valence-corrected chi connectivity index (χ2v) is 4.79. The van der Waals surface area contributed by atoms with Crippen molar-refractivity contribution >= 4 is 17.4 Å². The minimum absolute atomic E-state index is 0.151. The van der Waals surface area contributed by atoms with Gasteiger partial charge < -0.3 is 4.74 Å². The summed E-state index contributed by atoms with van der Waals surface area (Å²) in [5.41, 5.74) is 0. The lowest BCUT2D eigenvalue weighted by atomic mass is 10.3. The van der Waals surface area contributed by atoms with Crippen molar-refractivity contribution in [2.24, 2.45) is 0 Å². The van der Waals surface area contributed by atoms with E-state index in [1.54, 1.807) is 6.92 Å². The Morgan fingerprint density at radius 3 is 1.52 bits per heavy atom. The molecule has 0 aliphatic rings. The number of hydrogen-bond donors (Lipinski definition) is 0. The van der Waals surface area contributed by atoms with E-state index >= 15 is 0 Å². The molecule has 0 saturated carbocycles. The highest BCUT2D eigenvalue weighted by Gasteiger charge is 2.65. The van der Waals surface area contributed by atoms with Crippen molar-refractivity contribution < 1.29 is 33.2 Å². The molecule has 0 rings (SSSR count). The van der Waals surface area contributed by atoms with Crippen molar-refractivity contribution in [3.05, 3.63) is 40.5 Å². The fourth-order valence-corrected chi connectivity index (χ4v) is 1.53. The first kappa shape index (κ1) is 22.1. The minimum Gasteiger partial charge on any atom is -0.471 e. The molecule has 0 atom stereocenters. The summed E-state index contributed by atoms with van der Waals surface area (Å²) >= 11 is 4.50. The molecule has 25 heavy (non-hydrogen) atoms. The van der Waals surface area contributed by atoms with Crippen molar-refractivity contribution in [1.29, 1.82) is 0 Å². The highest BCUT2D eigenvalue weighted by molar-refractivity contribution is 7.80. The highest BCUT2D eigenvalue weighted by Crippen LogP contribution is 2.21. The molecule has 0 bridgehead atoms. The SMILES string of the molecule is CCCOC(=S)N(CC(F)([N+](=O)[O-])[N+](=O)[O-])CC(F)([N+](=O)[O-])[N+](=O)[O-]. The Morgan fingerprint density at radius 1 is 0.960 bits per heavy atom. The van der Waals surface area contributed by atoms with Gasteiger partial charge in [-0.1, -0.05) is 15.7 Å². The second kappa shape index (κ2) is 8.31. The van der Waals surface area contributed by atoms with Gasteiger partial charge in [-0.2, -0.15) is 0 Å². The van der Waals surface area contributed by atoms with Crippen LogP contribution in [0.4, 0.5) is 8.78 Å². The molecular weight excluding hydrogens is 380 g/mol. The number of ether oxygens (including phenoxy) is 1. The monoisotopic (exact) mass is 391 g/mol. The third-order valence-corrected chi connectivity index (χ3v) is 2.97. The average Bonchev–Trinajstić information content (AvgIpc) is 2.50. The third-order valence-electron chi connectivity index (χ3n) is 2.59. The van der Waals surface area contributed by atoms with Crippen LogP contribution in [0.2, 0.25) is 0 Å². The van der Waals surface area contributed by atoms with Crippen LogP contribution in [-0.2, 0) is 4.74 Å². The molecule has 0 aromatic heterocycles. The first-order chi connectivity index (χ1) is 11.3. The summed E-state index contributed by atoms with van der Waals surface area (Å²) in [6.07, 6.45) is 0.268. The molecule has 14 nitrogen and oxygen atoms in total. The zero-order valence-electron chi connectivity index (χ0n) is 12.4. The predicted molar refractivity (Wildman–Crippen MR) is 76.1 cm³/mol. The van der Waals surface area contributed by atoms with E-state index < -0.39 is 49.8 Å². The van der Waals surface area contributed by atoms with E-state index in [1.807, 2.05) is 0 Å². The molecule has 0 aliphatic heterocycles. The Morgan fingerprint density at radius 2 is 1.28 bits per heavy atom. The van der Waals surface area contributed by atoms with Gasteiger partial charge >= 0.3 is 11.8 Å². The number of thiocarbonyl (C=S) groups is 1. The molecule has 0 unspecified atom stereocenters. The lowest BCUT2D eigenvalue weighted by molar-refractivity contribution is -0.836. The predicted octanol–water partition coefficient (Wildman–Crippen LogP) is 0.353. The lowest BCUT2D eigenvalue weighted by Gasteiger charge is -2.24. The summed E-state index contributed by atoms with van der Waals surface area (Å²) in [6.45, 7) is -2.58. The summed E-state index contributed by atoms with van der Waals surface area (Å²) in [6, 6.07) is 0. The minimum atomic E-state index is -4.46. The van der Waals surface area contributed by atoms with Gasteiger partial charge in [0, 0.05) is 0 Å². The lowest BCUT2D eigenvalue weighted by Crippen LogP contribution is -2.58. The number of nitro groups is 4. The van der Waals surface area contributed by atoms with Crippen LogP contribution in [0.25, 0.3) is 0 Å². The molecule has 17 heteroatoms. The highest BCUT2D eigenvalue weighted by atomic mass is 32.1. The van der Waals surface area contributed by atoms with E-state index in [0.717, 1.165) is 0 Å². The van der Waals surface area contributed by atoms with Crippen LogP contribution < -0.4 is 0 Å². The molecular formula is C8H11F2N5O9S. The standard InChI is InChI=1S/C8H11F2N5O9S/c1-2-3-24-6(25)11(4-7(9,12(16)17)13(18)19)5-8(10,14(20)21)15(22)23/h2-5H2,1H3. The van der Waals surface area contributed by atoms with Gasteiger partial charge in [-0.3, -0.25) is 45.4 Å². The van der Waals surface area contributed by atoms with Crippen LogP contribution in [0.1, 0.15) is 13.3 Å². The molecule has 0 aromatic carbocycles. The van der Waals surface area contributed by atoms with Crippen LogP contribution in [0.15, 0.2) is 0 Å². The number of halogens is 2. The largest absolute Gasteiger partial charge is 0.631 e. The zero-order chi connectivity index (χ0) is 20.0. The molecule has 0 heterocycles. The summed E-state index contributed by atoms with van der Waals surface area (Å²) in [7, 11) is 0. The topological polar surface area (TPSA) is 185 Å². The molecule has 0 saturated heterocycles. The molecule has 0 N–H and O–H groups in total. The number of hydrogen-bond acceptors (Lipinski definition) is 10. The van der Waals surface area contributed by atoms with Crippen LogP contribution in [0.3, 0.4) is 0 Å². The van der Waals surface area contributed by atoms with E-state index in [-0.39, 0.29) is 17.9 Å². The molecule has 0 aromatic rings. The van der Waals surface area contributed by atoms with E-state index in [4.69, 9.17) is 4.74 Å². The maximum Gasteiger partial charge on any atom is 0.631 e. The summed E-state index contributed by atoms with van der Waals surface area (Å²) in [5.74, 6) is -8.93. The molecule has 0 amide bonds. The Bertz CT molecular complexity index is 522. The smallest absolute Gasteiger partial charge is 0.471 e. The molecule has 0 spiro atoms. The van der Waals surface area contributed by atoms with Gasteiger partial charge in [-0.15, -0.1) is 0 Å². The maximum absolute atomic E-state index is 13.9. The maximum atomic E-state index is 13.9. The van der Waals surface area contributed by atoms with E-state index in [2.05, 4.69) is 12.2 Å². The van der Waals surface area contributed by atoms with Crippen molar-refractivity contribution in [2.75, 3.05) is 19.7 Å². The van der Waals surface area contributed by atoms with Crippen LogP contribution in [-0.4, -0.2) is 61.3 Å². The number of nitrogens with zero attached hydrogens (tertiary/aromatic N) is 5. The molecule has 0 radical (unpaired) electrons. The Kier molecular flexibility index (Phi) is 7.36. The van der Waals surface area contributed by atoms with Gasteiger partial charge in [0.2, 0.25) is 13.1 Å². The van der Waals surface area contributed by atoms with E-state index in [0.29, 0.717) is 0 Å². The van der Waals surface area contributed by atoms with Crippen LogP contribution in [0.5, 0.6) is 0 Å². The van der Waals surface area contributed by atoms with Gasteiger partial charge in [0.1, 0.15) is 19.7 Å². The van der Waals surface area contributed by atoms with Crippen molar-refractivity contribution in [2.45, 2.75) is 25.2 Å². The number of rotatable bonds is 10. The van der Waals surface area contributed by atoms with Crippen LogP contribution in [0, 0.1) is 40.5 Å². The number of alkyl halides is 2. The van der Waals surface area contributed by atoms with Gasteiger partial charge in [0.15, 0.2) is 0 Å². The summed E-state index contributed by atoms with van der Waals surface area (Å²) in [4.78, 5) is 34.2. The van der Waals surface area contributed by atoms with E-state index in [1.165, 1.54) is 0 Å². The van der Waals surface area contributed by atoms with Crippen molar-refractivity contribution in [3.8, 4) is 0 Å². The first-order valence-electron chi connectivity index (χ1n) is 6.20. The fraction of sp³-hybridized carbons (Fsp3) is 0.875. The van der Waals surface area contributed by atoms with E-state index in [9.17, 15) is 49.2 Å². The Labute approximate surface area is 141 Å². The molecule has 0 aliphatic carbocycles. The quantitative estimate of drug-likeness (QED) is 0.164. The van der Waals surface area contributed by atoms with Gasteiger partial charge in [-0.05, 0) is 18.6 Å². The van der Waals surface area contributed by atoms with Crippen LogP contribution >= 0.6 is 12.2 Å². The average molecular weight is 391 g/mol. The summed E-state index contributed by atoms with van der Waals surface area (Å²) < 4.78 is 32.6.